The Morgan fingerprint density at radius 1 is 1.13 bits per heavy atom. The molecule has 0 radical (unpaired) electrons. The molecule has 0 aliphatic rings. The normalized spacial score (nSPS) is 10.9. The molecule has 160 valence electrons. The first-order valence-electron chi connectivity index (χ1n) is 8.85. The molecule has 9 nitrogen and oxygen atoms in total. The van der Waals surface area contributed by atoms with Gasteiger partial charge in [-0.25, -0.2) is 9.97 Å². The highest BCUT2D eigenvalue weighted by molar-refractivity contribution is 7.18. The number of aromatic amines is 1. The fourth-order valence-corrected chi connectivity index (χ4v) is 4.42. The molecule has 0 fully saturated rings. The monoisotopic (exact) mass is 478 g/mol. The van der Waals surface area contributed by atoms with Gasteiger partial charge in [0.25, 0.3) is 5.91 Å². The van der Waals surface area contributed by atoms with Gasteiger partial charge in [-0.15, -0.1) is 11.3 Å². The zero-order valence-corrected chi connectivity index (χ0v) is 18.9. The Balaban J connectivity index is 1.69. The summed E-state index contributed by atoms with van der Waals surface area (Å²) >= 11 is 14.1. The number of aromatic nitrogens is 4. The summed E-state index contributed by atoms with van der Waals surface area (Å²) in [6.07, 6.45) is 1.38. The van der Waals surface area contributed by atoms with E-state index in [1.54, 1.807) is 11.4 Å². The molecule has 1 amide bonds. The first-order valence-corrected chi connectivity index (χ1v) is 10.5. The lowest BCUT2D eigenvalue weighted by Crippen LogP contribution is -2.13. The van der Waals surface area contributed by atoms with Gasteiger partial charge >= 0.3 is 0 Å². The van der Waals surface area contributed by atoms with Gasteiger partial charge < -0.3 is 20.1 Å². The second-order valence-electron chi connectivity index (χ2n) is 6.35. The van der Waals surface area contributed by atoms with Crippen molar-refractivity contribution in [2.24, 2.45) is 0 Å². The fourth-order valence-electron chi connectivity index (χ4n) is 2.88. The van der Waals surface area contributed by atoms with Crippen molar-refractivity contribution in [1.82, 2.24) is 20.2 Å². The Hall–Kier alpha value is -3.08. The summed E-state index contributed by atoms with van der Waals surface area (Å²) in [5, 5.41) is 14.9. The third-order valence-corrected chi connectivity index (χ3v) is 6.09. The zero-order valence-electron chi connectivity index (χ0n) is 16.5. The van der Waals surface area contributed by atoms with Crippen molar-refractivity contribution in [3.05, 3.63) is 45.1 Å². The van der Waals surface area contributed by atoms with Crippen LogP contribution in [0.4, 0.5) is 17.3 Å². The Morgan fingerprint density at radius 3 is 2.45 bits per heavy atom. The van der Waals surface area contributed by atoms with Crippen LogP contribution < -0.4 is 20.1 Å². The molecule has 0 aliphatic heterocycles. The molecule has 0 saturated carbocycles. The Labute approximate surface area is 190 Å². The van der Waals surface area contributed by atoms with Crippen LogP contribution in [0.2, 0.25) is 10.0 Å². The lowest BCUT2D eigenvalue weighted by Gasteiger charge is -2.15. The number of fused-ring (bicyclic) bond motifs is 1. The van der Waals surface area contributed by atoms with Gasteiger partial charge in [-0.1, -0.05) is 23.2 Å². The number of halogens is 2. The minimum Gasteiger partial charge on any atom is -0.495 e. The molecule has 4 rings (SSSR count). The number of methoxy groups -OCH3 is 2. The lowest BCUT2D eigenvalue weighted by molar-refractivity contribution is 0.102. The number of nitrogens with one attached hydrogen (secondary N) is 3. The van der Waals surface area contributed by atoms with E-state index in [0.717, 1.165) is 5.69 Å². The maximum atomic E-state index is 13.1. The summed E-state index contributed by atoms with van der Waals surface area (Å²) in [6.45, 7) is 1.89. The molecule has 12 heteroatoms. The number of hydrogen-bond acceptors (Lipinski definition) is 8. The van der Waals surface area contributed by atoms with Crippen molar-refractivity contribution in [3.8, 4) is 11.5 Å². The van der Waals surface area contributed by atoms with Crippen LogP contribution in [0.3, 0.4) is 0 Å². The standard InChI is InChI=1S/C19H16Cl2N6O3S/c1-8-4-12(27-26-8)24-18-17-15(22-7-23-18)9(6-31-17)19(28)25-16-13(20)10(29-2)5-11(30-3)14(16)21/h4-7H,1-3H3,(H,25,28)(H2,22,23,24,26,27). The summed E-state index contributed by atoms with van der Waals surface area (Å²) < 4.78 is 11.2. The van der Waals surface area contributed by atoms with E-state index in [9.17, 15) is 4.79 Å². The minimum absolute atomic E-state index is 0.159. The van der Waals surface area contributed by atoms with Crippen LogP contribution in [0.25, 0.3) is 10.2 Å². The Morgan fingerprint density at radius 2 is 1.84 bits per heavy atom. The summed E-state index contributed by atoms with van der Waals surface area (Å²) in [6, 6.07) is 3.39. The van der Waals surface area contributed by atoms with Gasteiger partial charge in [0.15, 0.2) is 11.6 Å². The number of H-pyrrole nitrogens is 1. The number of ether oxygens (including phenoxy) is 2. The highest BCUT2D eigenvalue weighted by Gasteiger charge is 2.22. The topological polar surface area (TPSA) is 114 Å². The van der Waals surface area contributed by atoms with E-state index in [1.807, 2.05) is 13.0 Å². The molecule has 4 aromatic rings. The van der Waals surface area contributed by atoms with Gasteiger partial charge in [0.1, 0.15) is 27.9 Å². The molecular weight excluding hydrogens is 463 g/mol. The first kappa shape index (κ1) is 21.2. The summed E-state index contributed by atoms with van der Waals surface area (Å²) in [5.74, 6) is 1.34. The molecule has 0 unspecified atom stereocenters. The first-order chi connectivity index (χ1) is 14.9. The van der Waals surface area contributed by atoms with Gasteiger partial charge in [-0.3, -0.25) is 9.89 Å². The molecule has 0 saturated heterocycles. The number of aryl methyl sites for hydroxylation is 1. The minimum atomic E-state index is -0.439. The molecule has 0 aliphatic carbocycles. The quantitative estimate of drug-likeness (QED) is 0.355. The number of hydrogen-bond donors (Lipinski definition) is 3. The summed E-state index contributed by atoms with van der Waals surface area (Å²) in [5.41, 5.74) is 1.91. The summed E-state index contributed by atoms with van der Waals surface area (Å²) in [4.78, 5) is 21.6. The van der Waals surface area contributed by atoms with Gasteiger partial charge in [-0.05, 0) is 6.92 Å². The van der Waals surface area contributed by atoms with Gasteiger partial charge in [0, 0.05) is 23.2 Å². The second-order valence-corrected chi connectivity index (χ2v) is 7.98. The second kappa shape index (κ2) is 8.58. The molecular formula is C19H16Cl2N6O3S. The number of carbonyl (C=O) groups is 1. The van der Waals surface area contributed by atoms with E-state index in [4.69, 9.17) is 32.7 Å². The maximum Gasteiger partial charge on any atom is 0.258 e. The smallest absolute Gasteiger partial charge is 0.258 e. The number of thiophene rings is 1. The highest BCUT2D eigenvalue weighted by Crippen LogP contribution is 2.44. The average molecular weight is 479 g/mol. The number of nitrogens with zero attached hydrogens (tertiary/aromatic N) is 3. The maximum absolute atomic E-state index is 13.1. The van der Waals surface area contributed by atoms with Crippen LogP contribution in [-0.2, 0) is 0 Å². The van der Waals surface area contributed by atoms with Crippen LogP contribution in [0.5, 0.6) is 11.5 Å². The average Bonchev–Trinajstić information content (AvgIpc) is 3.38. The Bertz CT molecular complexity index is 1260. The van der Waals surface area contributed by atoms with Gasteiger partial charge in [0.05, 0.1) is 35.7 Å². The number of rotatable bonds is 6. The van der Waals surface area contributed by atoms with Crippen LogP contribution in [0.15, 0.2) is 23.8 Å². The van der Waals surface area contributed by atoms with E-state index in [-0.39, 0.29) is 15.7 Å². The van der Waals surface area contributed by atoms with Crippen molar-refractivity contribution in [3.63, 3.8) is 0 Å². The molecule has 3 aromatic heterocycles. The van der Waals surface area contributed by atoms with Crippen molar-refractivity contribution in [2.75, 3.05) is 24.9 Å². The highest BCUT2D eigenvalue weighted by atomic mass is 35.5. The van der Waals surface area contributed by atoms with Crippen LogP contribution in [0, 0.1) is 6.92 Å². The van der Waals surface area contributed by atoms with Crippen LogP contribution >= 0.6 is 34.5 Å². The van der Waals surface area contributed by atoms with Crippen LogP contribution in [0.1, 0.15) is 16.1 Å². The number of amides is 1. The number of anilines is 3. The predicted octanol–water partition coefficient (Wildman–Crippen LogP) is 5.04. The largest absolute Gasteiger partial charge is 0.495 e. The van der Waals surface area contributed by atoms with E-state index in [0.29, 0.717) is 38.9 Å². The number of carbonyl (C=O) groups excluding carboxylic acids is 1. The predicted molar refractivity (Wildman–Crippen MR) is 122 cm³/mol. The van der Waals surface area contributed by atoms with Crippen LogP contribution in [-0.4, -0.2) is 40.3 Å². The van der Waals surface area contributed by atoms with E-state index in [2.05, 4.69) is 30.8 Å². The van der Waals surface area contributed by atoms with Crippen molar-refractivity contribution < 1.29 is 14.3 Å². The molecule has 0 bridgehead atoms. The molecule has 0 atom stereocenters. The molecule has 3 heterocycles. The van der Waals surface area contributed by atoms with E-state index in [1.165, 1.54) is 31.9 Å². The van der Waals surface area contributed by atoms with E-state index >= 15 is 0 Å². The molecule has 31 heavy (non-hydrogen) atoms. The van der Waals surface area contributed by atoms with Gasteiger partial charge in [-0.2, -0.15) is 5.10 Å². The third-order valence-electron chi connectivity index (χ3n) is 4.36. The fraction of sp³-hybridized carbons (Fsp3) is 0.158. The number of benzene rings is 1. The van der Waals surface area contributed by atoms with Crippen molar-refractivity contribution in [2.45, 2.75) is 6.92 Å². The third kappa shape index (κ3) is 3.97. The Kier molecular flexibility index (Phi) is 5.86. The van der Waals surface area contributed by atoms with E-state index < -0.39 is 5.91 Å². The lowest BCUT2D eigenvalue weighted by atomic mass is 10.2. The molecule has 3 N–H and O–H groups in total. The SMILES string of the molecule is COc1cc(OC)c(Cl)c(NC(=O)c2csc3c(Nc4cc(C)[nH]n4)ncnc23)c1Cl. The molecule has 1 aromatic carbocycles. The molecule has 0 spiro atoms. The van der Waals surface area contributed by atoms with Crippen molar-refractivity contribution >= 4 is 68.0 Å². The summed E-state index contributed by atoms with van der Waals surface area (Å²) in [7, 11) is 2.91. The van der Waals surface area contributed by atoms with Gasteiger partial charge in [0.2, 0.25) is 0 Å². The van der Waals surface area contributed by atoms with Crippen molar-refractivity contribution in [1.29, 1.82) is 0 Å². The zero-order chi connectivity index (χ0) is 22.1.